The SMILES string of the molecule is COc1cc(/C(O)=C(\C#N)C(=O)N(C)CC#CCC(=O)N(C)C)cc([N+](=O)[O-])c1O. The van der Waals surface area contributed by atoms with Crippen molar-refractivity contribution in [1.29, 1.82) is 5.26 Å². The number of phenolic OH excluding ortho intramolecular Hbond substituents is 1. The molecule has 0 fully saturated rings. The highest BCUT2D eigenvalue weighted by molar-refractivity contribution is 6.03. The Labute approximate surface area is 172 Å². The molecular formula is C19H20N4O7. The summed E-state index contributed by atoms with van der Waals surface area (Å²) < 4.78 is 4.83. The third-order valence-corrected chi connectivity index (χ3v) is 3.83. The number of likely N-dealkylation sites (N-methyl/N-ethyl adjacent to an activating group) is 1. The Morgan fingerprint density at radius 1 is 1.27 bits per heavy atom. The van der Waals surface area contributed by atoms with Gasteiger partial charge in [0.1, 0.15) is 11.8 Å². The normalized spacial score (nSPS) is 10.6. The average Bonchev–Trinajstić information content (AvgIpc) is 2.70. The van der Waals surface area contributed by atoms with E-state index >= 15 is 0 Å². The van der Waals surface area contributed by atoms with E-state index in [0.29, 0.717) is 0 Å². The fourth-order valence-corrected chi connectivity index (χ4v) is 2.10. The highest BCUT2D eigenvalue weighted by Crippen LogP contribution is 2.38. The number of aliphatic hydroxyl groups is 1. The number of aromatic hydroxyl groups is 1. The summed E-state index contributed by atoms with van der Waals surface area (Å²) in [5.41, 5.74) is -1.73. The number of phenols is 1. The first-order valence-electron chi connectivity index (χ1n) is 8.35. The fraction of sp³-hybridized carbons (Fsp3) is 0.316. The second-order valence-electron chi connectivity index (χ2n) is 6.12. The van der Waals surface area contributed by atoms with Crippen LogP contribution in [0, 0.1) is 33.3 Å². The average molecular weight is 416 g/mol. The van der Waals surface area contributed by atoms with Crippen molar-refractivity contribution in [3.8, 4) is 29.4 Å². The third kappa shape index (κ3) is 5.62. The van der Waals surface area contributed by atoms with Crippen molar-refractivity contribution in [1.82, 2.24) is 9.80 Å². The van der Waals surface area contributed by atoms with E-state index < -0.39 is 33.6 Å². The van der Waals surface area contributed by atoms with Gasteiger partial charge in [0, 0.05) is 32.8 Å². The van der Waals surface area contributed by atoms with Gasteiger partial charge >= 0.3 is 5.69 Å². The molecule has 0 atom stereocenters. The van der Waals surface area contributed by atoms with Crippen LogP contribution in [0.4, 0.5) is 5.69 Å². The van der Waals surface area contributed by atoms with Crippen molar-refractivity contribution < 1.29 is 29.5 Å². The summed E-state index contributed by atoms with van der Waals surface area (Å²) in [5.74, 6) is 2.20. The molecule has 0 aliphatic heterocycles. The van der Waals surface area contributed by atoms with Crippen molar-refractivity contribution >= 4 is 23.3 Å². The zero-order valence-electron chi connectivity index (χ0n) is 16.8. The zero-order valence-corrected chi connectivity index (χ0v) is 16.8. The van der Waals surface area contributed by atoms with Gasteiger partial charge in [-0.15, -0.1) is 0 Å². The molecule has 30 heavy (non-hydrogen) atoms. The summed E-state index contributed by atoms with van der Waals surface area (Å²) in [6, 6.07) is 3.42. The van der Waals surface area contributed by atoms with Crippen molar-refractivity contribution in [2.24, 2.45) is 0 Å². The number of ether oxygens (including phenoxy) is 1. The lowest BCUT2D eigenvalue weighted by Gasteiger charge is -2.14. The summed E-state index contributed by atoms with van der Waals surface area (Å²) in [4.78, 5) is 36.5. The van der Waals surface area contributed by atoms with Crippen LogP contribution in [0.1, 0.15) is 12.0 Å². The Morgan fingerprint density at radius 2 is 1.90 bits per heavy atom. The van der Waals surface area contributed by atoms with Crippen LogP contribution in [0.15, 0.2) is 17.7 Å². The van der Waals surface area contributed by atoms with Gasteiger partial charge in [0.05, 0.1) is 25.0 Å². The molecule has 0 aliphatic carbocycles. The monoisotopic (exact) mass is 416 g/mol. The van der Waals surface area contributed by atoms with E-state index in [0.717, 1.165) is 24.1 Å². The van der Waals surface area contributed by atoms with Crippen molar-refractivity contribution in [2.75, 3.05) is 34.8 Å². The molecule has 0 radical (unpaired) electrons. The topological polar surface area (TPSA) is 157 Å². The standard InChI is InChI=1S/C19H20N4O7/c1-21(2)16(24)7-5-6-8-22(3)19(27)13(11-20)17(25)12-9-14(23(28)29)18(26)15(10-12)30-4/h9-10,25-26H,7-8H2,1-4H3/b17-13-. The molecule has 11 heteroatoms. The summed E-state index contributed by atoms with van der Waals surface area (Å²) in [7, 11) is 5.63. The lowest BCUT2D eigenvalue weighted by atomic mass is 10.1. The van der Waals surface area contributed by atoms with Crippen LogP contribution in [0.2, 0.25) is 0 Å². The number of methoxy groups -OCH3 is 1. The molecule has 1 rings (SSSR count). The second-order valence-corrected chi connectivity index (χ2v) is 6.12. The van der Waals surface area contributed by atoms with Crippen molar-refractivity contribution in [3.63, 3.8) is 0 Å². The Bertz CT molecular complexity index is 997. The number of hydrogen-bond donors (Lipinski definition) is 2. The van der Waals surface area contributed by atoms with Gasteiger partial charge in [0.25, 0.3) is 5.91 Å². The van der Waals surface area contributed by atoms with Crippen LogP contribution in [0.5, 0.6) is 11.5 Å². The zero-order chi connectivity index (χ0) is 23.0. The van der Waals surface area contributed by atoms with Gasteiger partial charge in [-0.2, -0.15) is 5.26 Å². The maximum atomic E-state index is 12.5. The molecule has 158 valence electrons. The van der Waals surface area contributed by atoms with E-state index in [1.165, 1.54) is 11.9 Å². The van der Waals surface area contributed by atoms with E-state index in [1.807, 2.05) is 0 Å². The summed E-state index contributed by atoms with van der Waals surface area (Å²) >= 11 is 0. The molecule has 0 unspecified atom stereocenters. The number of amides is 2. The number of benzene rings is 1. The van der Waals surface area contributed by atoms with Gasteiger partial charge in [-0.3, -0.25) is 19.7 Å². The van der Waals surface area contributed by atoms with E-state index in [9.17, 15) is 35.2 Å². The molecule has 0 saturated carbocycles. The summed E-state index contributed by atoms with van der Waals surface area (Å²) in [6.45, 7) is -0.128. The van der Waals surface area contributed by atoms with Crippen LogP contribution in [0.25, 0.3) is 5.76 Å². The Kier molecular flexibility index (Phi) is 8.20. The van der Waals surface area contributed by atoms with Gasteiger partial charge in [-0.25, -0.2) is 0 Å². The number of nitro groups is 1. The Hall–Kier alpha value is -4.25. The molecule has 1 aromatic rings. The van der Waals surface area contributed by atoms with Crippen LogP contribution < -0.4 is 4.74 Å². The number of carbonyl (C=O) groups is 2. The molecule has 0 aliphatic rings. The van der Waals surface area contributed by atoms with Crippen molar-refractivity contribution in [3.05, 3.63) is 33.4 Å². The van der Waals surface area contributed by atoms with Gasteiger partial charge in [-0.1, -0.05) is 11.8 Å². The molecule has 0 heterocycles. The third-order valence-electron chi connectivity index (χ3n) is 3.83. The minimum absolute atomic E-state index is 0.0435. The van der Waals surface area contributed by atoms with Gasteiger partial charge in [0.2, 0.25) is 11.7 Å². The number of nitro benzene ring substituents is 1. The lowest BCUT2D eigenvalue weighted by molar-refractivity contribution is -0.386. The van der Waals surface area contributed by atoms with Crippen LogP contribution in [0.3, 0.4) is 0 Å². The second kappa shape index (κ2) is 10.3. The first-order valence-corrected chi connectivity index (χ1v) is 8.35. The van der Waals surface area contributed by atoms with Crippen LogP contribution >= 0.6 is 0 Å². The molecule has 0 bridgehead atoms. The minimum Gasteiger partial charge on any atom is -0.506 e. The highest BCUT2D eigenvalue weighted by atomic mass is 16.6. The molecule has 1 aromatic carbocycles. The number of carbonyl (C=O) groups excluding carboxylic acids is 2. The Morgan fingerprint density at radius 3 is 2.40 bits per heavy atom. The lowest BCUT2D eigenvalue weighted by Crippen LogP contribution is -2.28. The van der Waals surface area contributed by atoms with E-state index in [4.69, 9.17) is 4.74 Å². The predicted molar refractivity (Wildman–Crippen MR) is 105 cm³/mol. The number of rotatable bonds is 6. The van der Waals surface area contributed by atoms with Gasteiger partial charge < -0.3 is 24.7 Å². The first kappa shape index (κ1) is 23.8. The minimum atomic E-state index is -0.904. The fourth-order valence-electron chi connectivity index (χ4n) is 2.10. The predicted octanol–water partition coefficient (Wildman–Crippen LogP) is 1.04. The maximum absolute atomic E-state index is 12.5. The van der Waals surface area contributed by atoms with E-state index in [-0.39, 0.29) is 30.2 Å². The van der Waals surface area contributed by atoms with Gasteiger partial charge in [0.15, 0.2) is 11.3 Å². The van der Waals surface area contributed by atoms with E-state index in [1.54, 1.807) is 20.2 Å². The molecular weight excluding hydrogens is 396 g/mol. The van der Waals surface area contributed by atoms with E-state index in [2.05, 4.69) is 11.8 Å². The number of nitriles is 1. The smallest absolute Gasteiger partial charge is 0.315 e. The Balaban J connectivity index is 3.21. The molecule has 0 aromatic heterocycles. The molecule has 0 saturated heterocycles. The highest BCUT2D eigenvalue weighted by Gasteiger charge is 2.25. The van der Waals surface area contributed by atoms with Crippen molar-refractivity contribution in [2.45, 2.75) is 6.42 Å². The van der Waals surface area contributed by atoms with Gasteiger partial charge in [-0.05, 0) is 6.07 Å². The largest absolute Gasteiger partial charge is 0.506 e. The molecule has 2 amide bonds. The number of nitrogens with zero attached hydrogens (tertiary/aromatic N) is 4. The summed E-state index contributed by atoms with van der Waals surface area (Å²) in [5, 5.41) is 40.6. The first-order chi connectivity index (χ1) is 14.0. The maximum Gasteiger partial charge on any atom is 0.315 e. The quantitative estimate of drug-likeness (QED) is 0.174. The van der Waals surface area contributed by atoms with Crippen LogP contribution in [-0.2, 0) is 9.59 Å². The number of hydrogen-bond acceptors (Lipinski definition) is 8. The number of aliphatic hydroxyl groups excluding tert-OH is 1. The molecule has 0 spiro atoms. The van der Waals surface area contributed by atoms with Crippen LogP contribution in [-0.4, -0.2) is 71.5 Å². The molecule has 2 N–H and O–H groups in total. The summed E-state index contributed by atoms with van der Waals surface area (Å²) in [6.07, 6.45) is -0.0435. The molecule has 11 nitrogen and oxygen atoms in total.